The van der Waals surface area contributed by atoms with Crippen molar-refractivity contribution in [1.82, 2.24) is 9.97 Å². The molecule has 9 nitrogen and oxygen atoms in total. The normalized spacial score (nSPS) is 11.2. The van der Waals surface area contributed by atoms with Crippen LogP contribution in [0.5, 0.6) is 0 Å². The molecule has 0 bridgehead atoms. The van der Waals surface area contributed by atoms with Crippen LogP contribution in [0.15, 0.2) is 71.6 Å². The van der Waals surface area contributed by atoms with Crippen molar-refractivity contribution in [1.29, 1.82) is 5.26 Å². The van der Waals surface area contributed by atoms with Gasteiger partial charge in [0.25, 0.3) is 10.0 Å². The molecule has 3 N–H and O–H groups in total. The van der Waals surface area contributed by atoms with Crippen molar-refractivity contribution in [2.24, 2.45) is 0 Å². The first kappa shape index (κ1) is 22.8. The van der Waals surface area contributed by atoms with Crippen LogP contribution in [0.2, 0.25) is 0 Å². The SMILES string of the molecule is CC(C)OC(=O)c1ccc(NS(=O)(=O)c2ccc3[nH]c(Nc4ccc(C#N)cc4)nc3c2)cc1. The number of anilines is 3. The Labute approximate surface area is 196 Å². The van der Waals surface area contributed by atoms with E-state index in [4.69, 9.17) is 10.00 Å². The molecule has 3 aromatic carbocycles. The molecule has 1 aromatic heterocycles. The summed E-state index contributed by atoms with van der Waals surface area (Å²) in [6.07, 6.45) is -0.248. The fourth-order valence-electron chi connectivity index (χ4n) is 3.15. The van der Waals surface area contributed by atoms with E-state index in [1.165, 1.54) is 36.4 Å². The van der Waals surface area contributed by atoms with Crippen LogP contribution >= 0.6 is 0 Å². The lowest BCUT2D eigenvalue weighted by molar-refractivity contribution is 0.0378. The quantitative estimate of drug-likeness (QED) is 0.334. The van der Waals surface area contributed by atoms with Crippen LogP contribution in [0.25, 0.3) is 11.0 Å². The van der Waals surface area contributed by atoms with Crippen molar-refractivity contribution in [2.45, 2.75) is 24.8 Å². The summed E-state index contributed by atoms with van der Waals surface area (Å²) in [6.45, 7) is 3.51. The second-order valence-electron chi connectivity index (χ2n) is 7.72. The Morgan fingerprint density at radius 2 is 1.71 bits per heavy atom. The average Bonchev–Trinajstić information content (AvgIpc) is 3.21. The smallest absolute Gasteiger partial charge is 0.338 e. The van der Waals surface area contributed by atoms with Gasteiger partial charge < -0.3 is 15.0 Å². The number of nitriles is 1. The first-order valence-corrected chi connectivity index (χ1v) is 11.8. The molecule has 0 atom stereocenters. The van der Waals surface area contributed by atoms with Gasteiger partial charge in [-0.3, -0.25) is 4.72 Å². The third-order valence-electron chi connectivity index (χ3n) is 4.76. The number of benzene rings is 3. The van der Waals surface area contributed by atoms with Gasteiger partial charge in [-0.15, -0.1) is 0 Å². The van der Waals surface area contributed by atoms with E-state index in [9.17, 15) is 13.2 Å². The van der Waals surface area contributed by atoms with Gasteiger partial charge in [-0.25, -0.2) is 18.2 Å². The van der Waals surface area contributed by atoms with Crippen molar-refractivity contribution >= 4 is 44.3 Å². The zero-order chi connectivity index (χ0) is 24.3. The van der Waals surface area contributed by atoms with Crippen LogP contribution in [-0.4, -0.2) is 30.5 Å². The molecule has 0 fully saturated rings. The molecule has 172 valence electrons. The summed E-state index contributed by atoms with van der Waals surface area (Å²) >= 11 is 0. The van der Waals surface area contributed by atoms with Crippen LogP contribution in [0.3, 0.4) is 0 Å². The van der Waals surface area contributed by atoms with Crippen molar-refractivity contribution in [3.63, 3.8) is 0 Å². The highest BCUT2D eigenvalue weighted by Gasteiger charge is 2.17. The number of nitrogens with one attached hydrogen (secondary N) is 3. The number of carbonyl (C=O) groups excluding carboxylic acids is 1. The first-order valence-electron chi connectivity index (χ1n) is 10.3. The predicted molar refractivity (Wildman–Crippen MR) is 128 cm³/mol. The number of imidazole rings is 1. The highest BCUT2D eigenvalue weighted by atomic mass is 32.2. The molecule has 0 aliphatic heterocycles. The predicted octanol–water partition coefficient (Wildman–Crippen LogP) is 4.54. The minimum absolute atomic E-state index is 0.0414. The molecular weight excluding hydrogens is 454 g/mol. The Hall–Kier alpha value is -4.36. The van der Waals surface area contributed by atoms with Crippen molar-refractivity contribution in [3.05, 3.63) is 77.9 Å². The Balaban J connectivity index is 1.50. The summed E-state index contributed by atoms with van der Waals surface area (Å²) in [5.74, 6) is -0.0371. The number of fused-ring (bicyclic) bond motifs is 1. The van der Waals surface area contributed by atoms with Gasteiger partial charge in [0.15, 0.2) is 0 Å². The lowest BCUT2D eigenvalue weighted by Gasteiger charge is -2.10. The second-order valence-corrected chi connectivity index (χ2v) is 9.40. The molecule has 4 aromatic rings. The van der Waals surface area contributed by atoms with Gasteiger partial charge in [0, 0.05) is 11.4 Å². The Bertz CT molecular complexity index is 1490. The maximum absolute atomic E-state index is 12.9. The van der Waals surface area contributed by atoms with Gasteiger partial charge in [0.1, 0.15) is 0 Å². The molecule has 0 aliphatic rings. The summed E-state index contributed by atoms with van der Waals surface area (Å²) in [5.41, 5.74) is 3.04. The van der Waals surface area contributed by atoms with E-state index < -0.39 is 16.0 Å². The summed E-state index contributed by atoms with van der Waals surface area (Å²) in [5, 5.41) is 12.0. The Kier molecular flexibility index (Phi) is 6.21. The molecule has 0 aliphatic carbocycles. The van der Waals surface area contributed by atoms with E-state index in [2.05, 4.69) is 26.1 Å². The maximum Gasteiger partial charge on any atom is 0.338 e. The molecule has 0 amide bonds. The van der Waals surface area contributed by atoms with Crippen molar-refractivity contribution < 1.29 is 17.9 Å². The summed E-state index contributed by atoms with van der Waals surface area (Å²) < 4.78 is 33.4. The lowest BCUT2D eigenvalue weighted by Crippen LogP contribution is -2.14. The van der Waals surface area contributed by atoms with E-state index in [0.29, 0.717) is 33.8 Å². The van der Waals surface area contributed by atoms with Crippen LogP contribution < -0.4 is 10.0 Å². The number of ether oxygens (including phenoxy) is 1. The fraction of sp³-hybridized carbons (Fsp3) is 0.125. The molecule has 4 rings (SSSR count). The van der Waals surface area contributed by atoms with Crippen LogP contribution in [0.1, 0.15) is 29.8 Å². The highest BCUT2D eigenvalue weighted by Crippen LogP contribution is 2.23. The number of hydrogen-bond donors (Lipinski definition) is 3. The van der Waals surface area contributed by atoms with Crippen LogP contribution in [0, 0.1) is 11.3 Å². The summed E-state index contributed by atoms with van der Waals surface area (Å²) in [6, 6.07) is 19.5. The molecule has 0 saturated carbocycles. The van der Waals surface area contributed by atoms with E-state index in [1.807, 2.05) is 0 Å². The Morgan fingerprint density at radius 3 is 2.35 bits per heavy atom. The van der Waals surface area contributed by atoms with Gasteiger partial charge in [-0.05, 0) is 80.6 Å². The van der Waals surface area contributed by atoms with E-state index in [-0.39, 0.29) is 11.0 Å². The molecule has 0 spiro atoms. The van der Waals surface area contributed by atoms with Gasteiger partial charge in [0.2, 0.25) is 5.95 Å². The van der Waals surface area contributed by atoms with E-state index in [0.717, 1.165) is 5.69 Å². The highest BCUT2D eigenvalue weighted by molar-refractivity contribution is 7.92. The van der Waals surface area contributed by atoms with Gasteiger partial charge >= 0.3 is 5.97 Å². The molecule has 0 saturated heterocycles. The minimum Gasteiger partial charge on any atom is -0.459 e. The van der Waals surface area contributed by atoms with Gasteiger partial charge in [-0.1, -0.05) is 0 Å². The lowest BCUT2D eigenvalue weighted by atomic mass is 10.2. The number of hydrogen-bond acceptors (Lipinski definition) is 7. The molecule has 0 radical (unpaired) electrons. The number of aromatic nitrogens is 2. The summed E-state index contributed by atoms with van der Waals surface area (Å²) in [4.78, 5) is 19.5. The second kappa shape index (κ2) is 9.25. The molecule has 34 heavy (non-hydrogen) atoms. The van der Waals surface area contributed by atoms with Crippen molar-refractivity contribution in [3.8, 4) is 6.07 Å². The topological polar surface area (TPSA) is 137 Å². The molecular formula is C24H21N5O4S. The monoisotopic (exact) mass is 475 g/mol. The zero-order valence-corrected chi connectivity index (χ0v) is 19.2. The van der Waals surface area contributed by atoms with Crippen LogP contribution in [0.4, 0.5) is 17.3 Å². The molecule has 1 heterocycles. The van der Waals surface area contributed by atoms with Crippen LogP contribution in [-0.2, 0) is 14.8 Å². The Morgan fingerprint density at radius 1 is 1.03 bits per heavy atom. The average molecular weight is 476 g/mol. The van der Waals surface area contributed by atoms with E-state index >= 15 is 0 Å². The number of sulfonamides is 1. The first-order chi connectivity index (χ1) is 16.2. The number of H-pyrrole nitrogens is 1. The minimum atomic E-state index is -3.89. The maximum atomic E-state index is 12.9. The van der Waals surface area contributed by atoms with Gasteiger partial charge in [-0.2, -0.15) is 5.26 Å². The van der Waals surface area contributed by atoms with Crippen molar-refractivity contribution in [2.75, 3.05) is 10.0 Å². The molecule has 0 unspecified atom stereocenters. The number of nitrogens with zero attached hydrogens (tertiary/aromatic N) is 2. The third kappa shape index (κ3) is 5.16. The standard InChI is InChI=1S/C24H21N5O4S/c1-15(2)33-23(30)17-5-9-19(10-6-17)29-34(31,32)20-11-12-21-22(13-20)28-24(27-21)26-18-7-3-16(14-25)4-8-18/h3-13,15,29H,1-2H3,(H2,26,27,28). The molecule has 10 heteroatoms. The van der Waals surface area contributed by atoms with Gasteiger partial charge in [0.05, 0.1) is 39.2 Å². The number of rotatable bonds is 7. The third-order valence-corrected chi connectivity index (χ3v) is 6.14. The number of aromatic amines is 1. The zero-order valence-electron chi connectivity index (χ0n) is 18.4. The number of esters is 1. The van der Waals surface area contributed by atoms with E-state index in [1.54, 1.807) is 44.2 Å². The largest absolute Gasteiger partial charge is 0.459 e. The summed E-state index contributed by atoms with van der Waals surface area (Å²) in [7, 11) is -3.89. The number of carbonyl (C=O) groups is 1. The fourth-order valence-corrected chi connectivity index (χ4v) is 4.23.